The summed E-state index contributed by atoms with van der Waals surface area (Å²) in [5.41, 5.74) is 4.33. The highest BCUT2D eigenvalue weighted by molar-refractivity contribution is 7.18. The van der Waals surface area contributed by atoms with E-state index in [-0.39, 0.29) is 11.8 Å². The zero-order chi connectivity index (χ0) is 21.9. The normalized spacial score (nSPS) is 12.8. The molecule has 3 heterocycles. The van der Waals surface area contributed by atoms with E-state index in [1.165, 1.54) is 17.2 Å². The Morgan fingerprint density at radius 1 is 1.12 bits per heavy atom. The third kappa shape index (κ3) is 4.29. The fourth-order valence-electron chi connectivity index (χ4n) is 4.04. The number of furan rings is 1. The molecule has 0 bridgehead atoms. The number of hydrogen-bond donors (Lipinski definition) is 1. The number of rotatable bonds is 7. The van der Waals surface area contributed by atoms with Crippen LogP contribution in [0.15, 0.2) is 65.5 Å². The van der Waals surface area contributed by atoms with Crippen LogP contribution >= 0.6 is 11.3 Å². The number of para-hydroxylation sites is 1. The van der Waals surface area contributed by atoms with E-state index in [2.05, 4.69) is 16.4 Å². The van der Waals surface area contributed by atoms with Crippen LogP contribution < -0.4 is 10.2 Å². The molecule has 5 rings (SSSR count). The van der Waals surface area contributed by atoms with Crippen molar-refractivity contribution in [3.63, 3.8) is 0 Å². The van der Waals surface area contributed by atoms with Crippen molar-refractivity contribution in [3.8, 4) is 0 Å². The van der Waals surface area contributed by atoms with Crippen LogP contribution in [-0.2, 0) is 17.6 Å². The Bertz CT molecular complexity index is 1230. The Hall–Kier alpha value is -3.45. The van der Waals surface area contributed by atoms with Crippen molar-refractivity contribution in [3.05, 3.63) is 77.2 Å². The fraction of sp³-hybridized carbons (Fsp3) is 0.240. The van der Waals surface area contributed by atoms with Crippen LogP contribution in [0.3, 0.4) is 0 Å². The van der Waals surface area contributed by atoms with Crippen LogP contribution in [0.4, 0.5) is 11.4 Å². The first kappa shape index (κ1) is 20.5. The van der Waals surface area contributed by atoms with Crippen molar-refractivity contribution in [1.82, 2.24) is 4.98 Å². The third-order valence-electron chi connectivity index (χ3n) is 5.65. The summed E-state index contributed by atoms with van der Waals surface area (Å²) in [6.07, 6.45) is 6.86. The number of unbranched alkanes of at least 4 members (excludes halogenated alkanes) is 1. The minimum Gasteiger partial charge on any atom is -0.472 e. The van der Waals surface area contributed by atoms with Crippen molar-refractivity contribution in [2.75, 3.05) is 16.8 Å². The van der Waals surface area contributed by atoms with Crippen LogP contribution in [0.5, 0.6) is 0 Å². The van der Waals surface area contributed by atoms with E-state index < -0.39 is 0 Å². The summed E-state index contributed by atoms with van der Waals surface area (Å²) in [6, 6.07) is 15.6. The minimum atomic E-state index is -0.0672. The molecule has 0 radical (unpaired) electrons. The lowest BCUT2D eigenvalue weighted by Gasteiger charge is -2.16. The van der Waals surface area contributed by atoms with Gasteiger partial charge < -0.3 is 14.6 Å². The summed E-state index contributed by atoms with van der Waals surface area (Å²) in [6.45, 7) is 0.627. The molecule has 0 aliphatic carbocycles. The molecular formula is C25H23N3O3S. The number of carbonyl (C=O) groups is 2. The highest BCUT2D eigenvalue weighted by atomic mass is 32.1. The molecule has 2 aromatic carbocycles. The van der Waals surface area contributed by atoms with Gasteiger partial charge in [-0.05, 0) is 67.6 Å². The average Bonchev–Trinajstić information content (AvgIpc) is 3.55. The second-order valence-corrected chi connectivity index (χ2v) is 9.01. The summed E-state index contributed by atoms with van der Waals surface area (Å²) in [5.74, 6) is -0.0546. The van der Waals surface area contributed by atoms with E-state index in [0.29, 0.717) is 18.5 Å². The van der Waals surface area contributed by atoms with Crippen LogP contribution in [0.2, 0.25) is 0 Å². The van der Waals surface area contributed by atoms with E-state index >= 15 is 0 Å². The smallest absolute Gasteiger partial charge is 0.261 e. The van der Waals surface area contributed by atoms with Gasteiger partial charge in [0.2, 0.25) is 5.91 Å². The molecule has 1 N–H and O–H groups in total. The monoisotopic (exact) mass is 445 g/mol. The number of aryl methyl sites for hydroxylation is 1. The number of aromatic nitrogens is 1. The highest BCUT2D eigenvalue weighted by Gasteiger charge is 2.26. The lowest BCUT2D eigenvalue weighted by Crippen LogP contribution is -2.28. The Morgan fingerprint density at radius 2 is 2.03 bits per heavy atom. The number of carbonyl (C=O) groups excluding carboxylic acids is 2. The second-order valence-electron chi connectivity index (χ2n) is 7.89. The lowest BCUT2D eigenvalue weighted by atomic mass is 10.1. The van der Waals surface area contributed by atoms with Gasteiger partial charge in [0.1, 0.15) is 6.26 Å². The van der Waals surface area contributed by atoms with E-state index in [4.69, 9.17) is 4.42 Å². The zero-order valence-corrected chi connectivity index (χ0v) is 18.4. The number of benzene rings is 2. The number of anilines is 2. The van der Waals surface area contributed by atoms with Gasteiger partial charge >= 0.3 is 0 Å². The van der Waals surface area contributed by atoms with Crippen LogP contribution in [0.1, 0.15) is 40.2 Å². The first-order chi connectivity index (χ1) is 15.7. The van der Waals surface area contributed by atoms with Crippen molar-refractivity contribution < 1.29 is 14.0 Å². The summed E-state index contributed by atoms with van der Waals surface area (Å²) >= 11 is 1.73. The van der Waals surface area contributed by atoms with Gasteiger partial charge in [-0.15, -0.1) is 11.3 Å². The second kappa shape index (κ2) is 8.96. The summed E-state index contributed by atoms with van der Waals surface area (Å²) < 4.78 is 6.24. The topological polar surface area (TPSA) is 75.4 Å². The van der Waals surface area contributed by atoms with E-state index in [1.807, 2.05) is 36.4 Å². The predicted octanol–water partition coefficient (Wildman–Crippen LogP) is 5.44. The zero-order valence-electron chi connectivity index (χ0n) is 17.5. The van der Waals surface area contributed by atoms with E-state index in [9.17, 15) is 9.59 Å². The summed E-state index contributed by atoms with van der Waals surface area (Å²) in [4.78, 5) is 31.4. The van der Waals surface area contributed by atoms with Gasteiger partial charge in [-0.25, -0.2) is 4.98 Å². The number of fused-ring (bicyclic) bond motifs is 2. The maximum Gasteiger partial charge on any atom is 0.261 e. The Kier molecular flexibility index (Phi) is 5.73. The van der Waals surface area contributed by atoms with Crippen LogP contribution in [-0.4, -0.2) is 23.3 Å². The van der Waals surface area contributed by atoms with Crippen LogP contribution in [0.25, 0.3) is 10.2 Å². The molecule has 162 valence electrons. The molecule has 0 spiro atoms. The summed E-state index contributed by atoms with van der Waals surface area (Å²) in [5, 5.41) is 4.12. The van der Waals surface area contributed by atoms with E-state index in [1.54, 1.807) is 22.3 Å². The maximum absolute atomic E-state index is 12.6. The molecule has 1 aliphatic heterocycles. The number of amides is 2. The number of nitrogens with zero attached hydrogens (tertiary/aromatic N) is 2. The molecule has 2 aromatic heterocycles. The Labute approximate surface area is 189 Å². The molecular weight excluding hydrogens is 422 g/mol. The maximum atomic E-state index is 12.6. The molecule has 0 saturated heterocycles. The standard InChI is InChI=1S/C25H23N3O3S/c29-23(7-3-4-8-24-27-20-5-1-2-6-22(20)32-24)26-19-9-10-21-17(15-19)11-13-28(21)25(30)18-12-14-31-16-18/h1-2,5-6,9-10,12,14-16H,3-4,7-8,11,13H2,(H,26,29). The molecule has 0 saturated carbocycles. The molecule has 0 fully saturated rings. The highest BCUT2D eigenvalue weighted by Crippen LogP contribution is 2.32. The molecule has 7 heteroatoms. The molecule has 4 aromatic rings. The number of nitrogens with one attached hydrogen (secondary N) is 1. The van der Waals surface area contributed by atoms with Crippen molar-refractivity contribution in [2.45, 2.75) is 32.1 Å². The van der Waals surface area contributed by atoms with Gasteiger partial charge in [-0.3, -0.25) is 9.59 Å². The van der Waals surface area contributed by atoms with Gasteiger partial charge in [0.25, 0.3) is 5.91 Å². The molecule has 32 heavy (non-hydrogen) atoms. The van der Waals surface area contributed by atoms with Gasteiger partial charge in [-0.1, -0.05) is 12.1 Å². The first-order valence-corrected chi connectivity index (χ1v) is 11.6. The van der Waals surface area contributed by atoms with E-state index in [0.717, 1.165) is 53.1 Å². The summed E-state index contributed by atoms with van der Waals surface area (Å²) in [7, 11) is 0. The first-order valence-electron chi connectivity index (χ1n) is 10.8. The van der Waals surface area contributed by atoms with Gasteiger partial charge in [-0.2, -0.15) is 0 Å². The van der Waals surface area contributed by atoms with Crippen molar-refractivity contribution in [2.24, 2.45) is 0 Å². The lowest BCUT2D eigenvalue weighted by molar-refractivity contribution is -0.116. The largest absolute Gasteiger partial charge is 0.472 e. The van der Waals surface area contributed by atoms with Gasteiger partial charge in [0.15, 0.2) is 0 Å². The third-order valence-corrected chi connectivity index (χ3v) is 6.75. The molecule has 0 atom stereocenters. The number of hydrogen-bond acceptors (Lipinski definition) is 5. The molecule has 2 amide bonds. The molecule has 6 nitrogen and oxygen atoms in total. The quantitative estimate of drug-likeness (QED) is 0.384. The Morgan fingerprint density at radius 3 is 2.88 bits per heavy atom. The van der Waals surface area contributed by atoms with Crippen molar-refractivity contribution in [1.29, 1.82) is 0 Å². The predicted molar refractivity (Wildman–Crippen MR) is 126 cm³/mol. The fourth-order valence-corrected chi connectivity index (χ4v) is 5.05. The average molecular weight is 446 g/mol. The number of thiazole rings is 1. The SMILES string of the molecule is O=C(CCCCc1nc2ccccc2s1)Nc1ccc2c(c1)CCN2C(=O)c1ccoc1. The molecule has 0 unspecified atom stereocenters. The Balaban J connectivity index is 1.12. The van der Waals surface area contributed by atoms with Crippen LogP contribution in [0, 0.1) is 0 Å². The van der Waals surface area contributed by atoms with Crippen molar-refractivity contribution >= 4 is 44.7 Å². The molecule has 1 aliphatic rings. The van der Waals surface area contributed by atoms with Gasteiger partial charge in [0.05, 0.1) is 27.1 Å². The van der Waals surface area contributed by atoms with Gasteiger partial charge in [0, 0.05) is 24.3 Å². The minimum absolute atomic E-state index is 0.0126.